The first kappa shape index (κ1) is 41.8. The number of alkyl carbamates (subject to hydrolysis) is 1. The van der Waals surface area contributed by atoms with Crippen molar-refractivity contribution in [3.8, 4) is 0 Å². The fraction of sp³-hybridized carbons (Fsp3) is 0.818. The van der Waals surface area contributed by atoms with Gasteiger partial charge in [-0.2, -0.15) is 0 Å². The van der Waals surface area contributed by atoms with Gasteiger partial charge in [0, 0.05) is 45.8 Å². The SMILES string of the molecule is CCCN(CCCN(CC=CCN(CCCNC(=O)OC(C)(C)C)C(=O)OC(C)(C)C)C(=O)OC(C)(C)C)C(=O)OC(C)(C)C. The molecule has 0 aliphatic carbocycles. The van der Waals surface area contributed by atoms with Crippen molar-refractivity contribution in [2.24, 2.45) is 0 Å². The van der Waals surface area contributed by atoms with Gasteiger partial charge in [0.15, 0.2) is 0 Å². The van der Waals surface area contributed by atoms with Crippen molar-refractivity contribution in [1.82, 2.24) is 20.0 Å². The minimum atomic E-state index is -0.676. The summed E-state index contributed by atoms with van der Waals surface area (Å²) in [5.74, 6) is 0. The maximum Gasteiger partial charge on any atom is 0.410 e. The van der Waals surface area contributed by atoms with Gasteiger partial charge in [-0.05, 0) is 102 Å². The third kappa shape index (κ3) is 22.9. The van der Waals surface area contributed by atoms with Crippen LogP contribution < -0.4 is 5.32 Å². The second-order valence-corrected chi connectivity index (χ2v) is 14.9. The lowest BCUT2D eigenvalue weighted by Crippen LogP contribution is -2.41. The summed E-state index contributed by atoms with van der Waals surface area (Å²) in [4.78, 5) is 55.3. The molecule has 45 heavy (non-hydrogen) atoms. The Labute approximate surface area is 272 Å². The Hall–Kier alpha value is -3.18. The van der Waals surface area contributed by atoms with Gasteiger partial charge < -0.3 is 39.0 Å². The zero-order valence-electron chi connectivity index (χ0n) is 30.3. The van der Waals surface area contributed by atoms with Gasteiger partial charge in [-0.3, -0.25) is 0 Å². The van der Waals surface area contributed by atoms with Crippen molar-refractivity contribution in [1.29, 1.82) is 0 Å². The topological polar surface area (TPSA) is 127 Å². The zero-order chi connectivity index (χ0) is 35.1. The van der Waals surface area contributed by atoms with Gasteiger partial charge in [0.2, 0.25) is 0 Å². The molecule has 0 heterocycles. The van der Waals surface area contributed by atoms with Gasteiger partial charge in [-0.25, -0.2) is 19.2 Å². The molecule has 0 spiro atoms. The first-order chi connectivity index (χ1) is 20.4. The Morgan fingerprint density at radius 1 is 0.533 bits per heavy atom. The number of hydrogen-bond donors (Lipinski definition) is 1. The van der Waals surface area contributed by atoms with Crippen LogP contribution in [0.25, 0.3) is 0 Å². The molecular weight excluding hydrogens is 580 g/mol. The van der Waals surface area contributed by atoms with Crippen LogP contribution in [-0.2, 0) is 18.9 Å². The van der Waals surface area contributed by atoms with E-state index in [0.717, 1.165) is 6.42 Å². The molecule has 0 rings (SSSR count). The van der Waals surface area contributed by atoms with Crippen LogP contribution in [0.3, 0.4) is 0 Å². The Morgan fingerprint density at radius 3 is 1.27 bits per heavy atom. The van der Waals surface area contributed by atoms with Gasteiger partial charge in [0.1, 0.15) is 22.4 Å². The van der Waals surface area contributed by atoms with E-state index in [1.165, 1.54) is 0 Å². The molecule has 12 heteroatoms. The van der Waals surface area contributed by atoms with Gasteiger partial charge in [-0.15, -0.1) is 0 Å². The predicted octanol–water partition coefficient (Wildman–Crippen LogP) is 6.97. The van der Waals surface area contributed by atoms with Crippen LogP contribution in [0, 0.1) is 0 Å². The molecule has 0 aliphatic heterocycles. The average Bonchev–Trinajstić information content (AvgIpc) is 2.81. The second-order valence-electron chi connectivity index (χ2n) is 14.9. The van der Waals surface area contributed by atoms with E-state index in [0.29, 0.717) is 45.6 Å². The summed E-state index contributed by atoms with van der Waals surface area (Å²) < 4.78 is 22.0. The number of nitrogens with one attached hydrogen (secondary N) is 1. The van der Waals surface area contributed by atoms with Gasteiger partial charge in [0.25, 0.3) is 0 Å². The van der Waals surface area contributed by atoms with Crippen molar-refractivity contribution in [3.05, 3.63) is 12.2 Å². The molecule has 0 saturated heterocycles. The molecule has 0 aliphatic rings. The zero-order valence-corrected chi connectivity index (χ0v) is 30.3. The van der Waals surface area contributed by atoms with Gasteiger partial charge in [-0.1, -0.05) is 19.1 Å². The van der Waals surface area contributed by atoms with Gasteiger partial charge in [0.05, 0.1) is 0 Å². The van der Waals surface area contributed by atoms with Crippen LogP contribution in [0.4, 0.5) is 19.2 Å². The number of ether oxygens (including phenoxy) is 4. The average molecular weight is 643 g/mol. The molecule has 0 saturated carbocycles. The molecule has 12 nitrogen and oxygen atoms in total. The maximum atomic E-state index is 13.0. The molecule has 0 aromatic heterocycles. The molecule has 1 N–H and O–H groups in total. The Morgan fingerprint density at radius 2 is 0.889 bits per heavy atom. The molecule has 0 fully saturated rings. The molecule has 262 valence electrons. The maximum absolute atomic E-state index is 13.0. The van der Waals surface area contributed by atoms with E-state index in [-0.39, 0.29) is 19.2 Å². The molecule has 0 aromatic carbocycles. The lowest BCUT2D eigenvalue weighted by atomic mass is 10.2. The quantitative estimate of drug-likeness (QED) is 0.122. The van der Waals surface area contributed by atoms with Crippen molar-refractivity contribution >= 4 is 24.4 Å². The summed E-state index contributed by atoms with van der Waals surface area (Å²) >= 11 is 0. The number of carbonyl (C=O) groups excluding carboxylic acids is 4. The molecule has 0 unspecified atom stereocenters. The summed E-state index contributed by atoms with van der Waals surface area (Å²) in [6.45, 7) is 26.1. The smallest absolute Gasteiger partial charge is 0.410 e. The minimum Gasteiger partial charge on any atom is -0.444 e. The van der Waals surface area contributed by atoms with E-state index in [1.807, 2.05) is 27.7 Å². The Kier molecular flexibility index (Phi) is 17.4. The fourth-order valence-corrected chi connectivity index (χ4v) is 3.69. The largest absolute Gasteiger partial charge is 0.444 e. The van der Waals surface area contributed by atoms with E-state index in [9.17, 15) is 19.2 Å². The van der Waals surface area contributed by atoms with Crippen molar-refractivity contribution in [2.45, 2.75) is 132 Å². The standard InChI is InChI=1S/C33H62N4O8/c1-14-20-35(27(39)43-31(5,6)7)24-18-25-37(29(41)45-33(11,12)13)22-16-15-21-36(28(40)44-32(8,9)10)23-17-19-34-26(38)42-30(2,3)4/h15-16H,14,17-25H2,1-13H3,(H,34,38). The van der Waals surface area contributed by atoms with Crippen LogP contribution in [0.15, 0.2) is 12.2 Å². The van der Waals surface area contributed by atoms with Crippen molar-refractivity contribution in [3.63, 3.8) is 0 Å². The highest BCUT2D eigenvalue weighted by Gasteiger charge is 2.25. The summed E-state index contributed by atoms with van der Waals surface area (Å²) in [5.41, 5.74) is -2.55. The summed E-state index contributed by atoms with van der Waals surface area (Å²) in [5, 5.41) is 2.70. The highest BCUT2D eigenvalue weighted by Crippen LogP contribution is 2.14. The lowest BCUT2D eigenvalue weighted by molar-refractivity contribution is 0.0209. The van der Waals surface area contributed by atoms with E-state index in [2.05, 4.69) is 5.32 Å². The molecule has 0 bridgehead atoms. The third-order valence-corrected chi connectivity index (χ3v) is 5.40. The van der Waals surface area contributed by atoms with Crippen LogP contribution in [0.5, 0.6) is 0 Å². The number of carbonyl (C=O) groups is 4. The summed E-state index contributed by atoms with van der Waals surface area (Å²) in [6, 6.07) is 0. The van der Waals surface area contributed by atoms with E-state index < -0.39 is 40.7 Å². The highest BCUT2D eigenvalue weighted by atomic mass is 16.6. The predicted molar refractivity (Wildman–Crippen MR) is 176 cm³/mol. The summed E-state index contributed by atoms with van der Waals surface area (Å²) in [6.07, 6.45) is 3.56. The van der Waals surface area contributed by atoms with Crippen molar-refractivity contribution < 1.29 is 38.1 Å². The lowest BCUT2D eigenvalue weighted by Gasteiger charge is -2.29. The Bertz CT molecular complexity index is 956. The number of amides is 4. The van der Waals surface area contributed by atoms with Crippen molar-refractivity contribution in [2.75, 3.05) is 45.8 Å². The van der Waals surface area contributed by atoms with Crippen LogP contribution in [-0.4, -0.2) is 107 Å². The number of rotatable bonds is 14. The number of nitrogens with zero attached hydrogens (tertiary/aromatic N) is 3. The fourth-order valence-electron chi connectivity index (χ4n) is 3.69. The van der Waals surface area contributed by atoms with Crippen LogP contribution >= 0.6 is 0 Å². The first-order valence-electron chi connectivity index (χ1n) is 16.0. The highest BCUT2D eigenvalue weighted by molar-refractivity contribution is 5.69. The molecule has 4 amide bonds. The second kappa shape index (κ2) is 18.7. The Balaban J connectivity index is 5.43. The van der Waals surface area contributed by atoms with Crippen LogP contribution in [0.1, 0.15) is 109 Å². The monoisotopic (exact) mass is 642 g/mol. The normalized spacial score (nSPS) is 12.4. The molecule has 0 radical (unpaired) electrons. The number of hydrogen-bond acceptors (Lipinski definition) is 8. The molecular formula is C33H62N4O8. The molecule has 0 atom stereocenters. The third-order valence-electron chi connectivity index (χ3n) is 5.40. The first-order valence-corrected chi connectivity index (χ1v) is 16.0. The summed E-state index contributed by atoms with van der Waals surface area (Å²) in [7, 11) is 0. The minimum absolute atomic E-state index is 0.242. The van der Waals surface area contributed by atoms with Crippen LogP contribution in [0.2, 0.25) is 0 Å². The van der Waals surface area contributed by atoms with Gasteiger partial charge >= 0.3 is 24.4 Å². The van der Waals surface area contributed by atoms with E-state index >= 15 is 0 Å². The van der Waals surface area contributed by atoms with E-state index in [4.69, 9.17) is 18.9 Å². The molecule has 0 aromatic rings. The van der Waals surface area contributed by atoms with E-state index in [1.54, 1.807) is 89.2 Å².